The Hall–Kier alpha value is -4.32. The van der Waals surface area contributed by atoms with Crippen LogP contribution in [0.25, 0.3) is 0 Å². The van der Waals surface area contributed by atoms with E-state index in [4.69, 9.17) is 18.9 Å². The van der Waals surface area contributed by atoms with Gasteiger partial charge in [0, 0.05) is 12.8 Å². The number of hydrogen-bond donors (Lipinski definition) is 9. The molecule has 4 rings (SSSR count). The molecule has 15 nitrogen and oxygen atoms in total. The van der Waals surface area contributed by atoms with Crippen molar-refractivity contribution in [2.24, 2.45) is 0 Å². The van der Waals surface area contributed by atoms with Gasteiger partial charge >= 0.3 is 11.9 Å². The number of esters is 2. The average Bonchev–Trinajstić information content (AvgIpc) is 3.09. The second-order valence-corrected chi connectivity index (χ2v) is 12.3. The molecular formula is C35H42O15. The molecule has 9 unspecified atom stereocenters. The van der Waals surface area contributed by atoms with Crippen molar-refractivity contribution in [3.63, 3.8) is 0 Å². The number of ether oxygens (including phenoxy) is 4. The molecule has 9 N–H and O–H groups in total. The van der Waals surface area contributed by atoms with Gasteiger partial charge in [0.1, 0.15) is 54.4 Å². The molecule has 0 aromatic heterocycles. The minimum absolute atomic E-state index is 0.0549. The molecule has 9 atom stereocenters. The number of carbonyl (C=O) groups is 2. The van der Waals surface area contributed by atoms with Gasteiger partial charge in [-0.2, -0.15) is 0 Å². The highest BCUT2D eigenvalue weighted by Gasteiger charge is 2.50. The SMILES string of the molecule is CC(O)C(O)(Cc1ccc(O)cc1)C(=O)OC(C)C(O)(Cc1ccc(O)cc1)C(=O)OCc1ccc(OC2OC(CO)C(O)C(O)C2O)cc1. The highest BCUT2D eigenvalue weighted by Crippen LogP contribution is 2.29. The highest BCUT2D eigenvalue weighted by atomic mass is 16.7. The van der Waals surface area contributed by atoms with Gasteiger partial charge in [0.25, 0.3) is 0 Å². The van der Waals surface area contributed by atoms with Gasteiger partial charge in [-0.05, 0) is 66.9 Å². The van der Waals surface area contributed by atoms with Gasteiger partial charge < -0.3 is 64.9 Å². The molecule has 15 heteroatoms. The van der Waals surface area contributed by atoms with Crippen molar-refractivity contribution < 1.29 is 74.5 Å². The van der Waals surface area contributed by atoms with Crippen molar-refractivity contribution in [1.82, 2.24) is 0 Å². The molecule has 0 aliphatic carbocycles. The van der Waals surface area contributed by atoms with Crippen LogP contribution < -0.4 is 4.74 Å². The van der Waals surface area contributed by atoms with E-state index in [9.17, 15) is 55.5 Å². The van der Waals surface area contributed by atoms with Crippen LogP contribution in [0.1, 0.15) is 30.5 Å². The molecule has 0 spiro atoms. The molecule has 0 radical (unpaired) electrons. The summed E-state index contributed by atoms with van der Waals surface area (Å²) in [6.45, 7) is 1.38. The molecule has 272 valence electrons. The van der Waals surface area contributed by atoms with Crippen LogP contribution in [0.15, 0.2) is 72.8 Å². The maximum absolute atomic E-state index is 13.5. The van der Waals surface area contributed by atoms with E-state index < -0.39 is 85.5 Å². The Labute approximate surface area is 287 Å². The maximum atomic E-state index is 13.5. The van der Waals surface area contributed by atoms with Gasteiger partial charge in [-0.25, -0.2) is 9.59 Å². The van der Waals surface area contributed by atoms with E-state index in [0.717, 1.165) is 0 Å². The predicted octanol–water partition coefficient (Wildman–Crippen LogP) is -0.420. The molecule has 1 saturated heterocycles. The van der Waals surface area contributed by atoms with E-state index >= 15 is 0 Å². The van der Waals surface area contributed by atoms with Crippen molar-refractivity contribution >= 4 is 11.9 Å². The number of phenols is 2. The summed E-state index contributed by atoms with van der Waals surface area (Å²) in [5.74, 6) is -2.51. The van der Waals surface area contributed by atoms with Gasteiger partial charge in [-0.15, -0.1) is 0 Å². The Morgan fingerprint density at radius 2 is 1.24 bits per heavy atom. The third-order valence-corrected chi connectivity index (χ3v) is 8.57. The molecule has 1 aliphatic heterocycles. The molecule has 3 aromatic rings. The molecular weight excluding hydrogens is 660 g/mol. The van der Waals surface area contributed by atoms with Gasteiger partial charge in [0.15, 0.2) is 5.60 Å². The molecule has 3 aromatic carbocycles. The van der Waals surface area contributed by atoms with Crippen LogP contribution in [0.3, 0.4) is 0 Å². The molecule has 1 heterocycles. The van der Waals surface area contributed by atoms with Crippen LogP contribution in [0.4, 0.5) is 0 Å². The summed E-state index contributed by atoms with van der Waals surface area (Å²) in [6, 6.07) is 16.9. The monoisotopic (exact) mass is 702 g/mol. The van der Waals surface area contributed by atoms with Crippen molar-refractivity contribution in [2.45, 2.75) is 87.4 Å². The van der Waals surface area contributed by atoms with Crippen LogP contribution >= 0.6 is 0 Å². The minimum atomic E-state index is -2.53. The zero-order chi connectivity index (χ0) is 36.8. The third kappa shape index (κ3) is 8.88. The Kier molecular flexibility index (Phi) is 12.4. The lowest BCUT2D eigenvalue weighted by Gasteiger charge is -2.39. The lowest BCUT2D eigenvalue weighted by molar-refractivity contribution is -0.277. The molecule has 50 heavy (non-hydrogen) atoms. The van der Waals surface area contributed by atoms with Crippen LogP contribution in [-0.4, -0.2) is 119 Å². The Morgan fingerprint density at radius 1 is 0.740 bits per heavy atom. The summed E-state index contributed by atoms with van der Waals surface area (Å²) in [5, 5.41) is 92.2. The summed E-state index contributed by atoms with van der Waals surface area (Å²) in [4.78, 5) is 26.9. The minimum Gasteiger partial charge on any atom is -0.508 e. The van der Waals surface area contributed by atoms with E-state index in [1.54, 1.807) is 0 Å². The molecule has 1 aliphatic rings. The van der Waals surface area contributed by atoms with Crippen LogP contribution in [0.2, 0.25) is 0 Å². The Balaban J connectivity index is 1.48. The first-order valence-electron chi connectivity index (χ1n) is 15.7. The standard InChI is InChI=1S/C35H42O15/c1-19(37)34(45,15-21-3-9-24(38)10-4-21)33(44)48-20(2)35(46,16-22-5-11-25(39)12-6-22)32(43)47-18-23-7-13-26(14-8-23)49-31-30(42)29(41)28(40)27(17-36)50-31/h3-14,19-20,27-31,36-42,45-46H,15-18H2,1-2H3. The number of aromatic hydroxyl groups is 2. The second kappa shape index (κ2) is 16.1. The first-order valence-corrected chi connectivity index (χ1v) is 15.7. The Morgan fingerprint density at radius 3 is 1.74 bits per heavy atom. The van der Waals surface area contributed by atoms with Crippen LogP contribution in [0, 0.1) is 0 Å². The lowest BCUT2D eigenvalue weighted by atomic mass is 9.87. The largest absolute Gasteiger partial charge is 0.508 e. The zero-order valence-corrected chi connectivity index (χ0v) is 27.3. The van der Waals surface area contributed by atoms with E-state index in [2.05, 4.69) is 0 Å². The number of rotatable bonds is 14. The molecule has 0 bridgehead atoms. The van der Waals surface area contributed by atoms with E-state index in [0.29, 0.717) is 16.7 Å². The predicted molar refractivity (Wildman–Crippen MR) is 171 cm³/mol. The highest BCUT2D eigenvalue weighted by molar-refractivity contribution is 5.84. The Bertz CT molecular complexity index is 1560. The molecule has 1 fully saturated rings. The van der Waals surface area contributed by atoms with Crippen LogP contribution in [0.5, 0.6) is 17.2 Å². The number of hydrogen-bond acceptors (Lipinski definition) is 15. The summed E-state index contributed by atoms with van der Waals surface area (Å²) in [7, 11) is 0. The zero-order valence-electron chi connectivity index (χ0n) is 27.3. The summed E-state index contributed by atoms with van der Waals surface area (Å²) < 4.78 is 21.8. The van der Waals surface area contributed by atoms with Gasteiger partial charge in [-0.3, -0.25) is 0 Å². The van der Waals surface area contributed by atoms with Gasteiger partial charge in [0.2, 0.25) is 11.9 Å². The van der Waals surface area contributed by atoms with Crippen LogP contribution in [-0.2, 0) is 43.2 Å². The number of phenolic OH excluding ortho intramolecular Hbond substituents is 2. The maximum Gasteiger partial charge on any atom is 0.342 e. The fourth-order valence-electron chi connectivity index (χ4n) is 5.22. The van der Waals surface area contributed by atoms with Gasteiger partial charge in [-0.1, -0.05) is 36.4 Å². The van der Waals surface area contributed by atoms with E-state index in [1.165, 1.54) is 86.6 Å². The fraction of sp³-hybridized carbons (Fsp3) is 0.429. The first kappa shape index (κ1) is 38.5. The lowest BCUT2D eigenvalue weighted by Crippen LogP contribution is -2.60. The van der Waals surface area contributed by atoms with Crippen molar-refractivity contribution in [2.75, 3.05) is 6.61 Å². The number of carbonyl (C=O) groups excluding carboxylic acids is 2. The first-order chi connectivity index (χ1) is 23.6. The quantitative estimate of drug-likeness (QED) is 0.0968. The number of benzene rings is 3. The molecule has 0 saturated carbocycles. The van der Waals surface area contributed by atoms with Gasteiger partial charge in [0.05, 0.1) is 12.7 Å². The summed E-state index contributed by atoms with van der Waals surface area (Å²) >= 11 is 0. The average molecular weight is 703 g/mol. The second-order valence-electron chi connectivity index (χ2n) is 12.3. The normalized spacial score (nSPS) is 24.2. The summed E-state index contributed by atoms with van der Waals surface area (Å²) in [5.41, 5.74) is -3.90. The fourth-order valence-corrected chi connectivity index (χ4v) is 5.22. The van der Waals surface area contributed by atoms with E-state index in [-0.39, 0.29) is 23.9 Å². The van der Waals surface area contributed by atoms with Crippen molar-refractivity contribution in [3.05, 3.63) is 89.5 Å². The van der Waals surface area contributed by atoms with Crippen molar-refractivity contribution in [1.29, 1.82) is 0 Å². The number of aliphatic hydroxyl groups excluding tert-OH is 5. The number of aliphatic hydroxyl groups is 7. The van der Waals surface area contributed by atoms with E-state index in [1.807, 2.05) is 0 Å². The topological polar surface area (TPSA) is 253 Å². The summed E-state index contributed by atoms with van der Waals surface area (Å²) in [6.07, 6.45) is -11.6. The smallest absolute Gasteiger partial charge is 0.342 e. The molecule has 0 amide bonds. The third-order valence-electron chi connectivity index (χ3n) is 8.57. The van der Waals surface area contributed by atoms with Crippen molar-refractivity contribution in [3.8, 4) is 17.2 Å².